The number of nitrogens with zero attached hydrogens (tertiary/aromatic N) is 1. The summed E-state index contributed by atoms with van der Waals surface area (Å²) < 4.78 is 11.8. The van der Waals surface area contributed by atoms with Crippen LogP contribution in [-0.2, 0) is 0 Å². The number of benzene rings is 8. The van der Waals surface area contributed by atoms with E-state index in [1.807, 2.05) is 30.3 Å². The quantitative estimate of drug-likeness (QED) is 0.140. The molecule has 8 aromatic carbocycles. The predicted molar refractivity (Wildman–Crippen MR) is 209 cm³/mol. The Hall–Kier alpha value is -5.84. The zero-order valence-electron chi connectivity index (χ0n) is 27.1. The maximum atomic E-state index is 6.16. The van der Waals surface area contributed by atoms with Crippen LogP contribution >= 0.6 is 0 Å². The first-order valence-electron chi connectivity index (χ1n) is 16.7. The molecule has 0 amide bonds. The van der Waals surface area contributed by atoms with E-state index in [0.717, 1.165) is 28.6 Å². The van der Waals surface area contributed by atoms with Crippen LogP contribution in [0.25, 0.3) is 10.8 Å². The molecule has 0 aromatic heterocycles. The molecule has 0 radical (unpaired) electrons. The molecule has 0 atom stereocenters. The van der Waals surface area contributed by atoms with E-state index in [4.69, 9.17) is 4.74 Å². The first-order chi connectivity index (χ1) is 24.3. The fraction of sp³-hybridized carbons (Fsp3) is 0. The fourth-order valence-corrected chi connectivity index (χ4v) is 17.0. The minimum absolute atomic E-state index is 0.801. The molecule has 0 aliphatic heterocycles. The number of para-hydroxylation sites is 1. The summed E-state index contributed by atoms with van der Waals surface area (Å²) in [5.74, 6) is 1.62. The molecule has 0 saturated heterocycles. The van der Waals surface area contributed by atoms with Gasteiger partial charge in [-0.2, -0.15) is 0 Å². The monoisotopic (exact) mass is 691 g/mol. The van der Waals surface area contributed by atoms with E-state index in [1.165, 1.54) is 28.4 Å². The number of ether oxygens (including phenoxy) is 1. The number of hydrogen-bond donors (Lipinski definition) is 0. The van der Waals surface area contributed by atoms with Crippen molar-refractivity contribution in [1.29, 1.82) is 0 Å². The third-order valence-electron chi connectivity index (χ3n) is 9.26. The van der Waals surface area contributed by atoms with Gasteiger partial charge in [0.2, 0.25) is 0 Å². The zero-order valence-corrected chi connectivity index (χ0v) is 29.2. The Balaban J connectivity index is 1.28. The second-order valence-corrected chi connectivity index (χ2v) is 20.1. The standard InChI is InChI=1S/C46H35GeNO/c1-5-18-37(19-6-1)47(38-20-7-2-8-21-38,39-22-9-3-10-23-39)40-28-30-41(31-29-40)48(46-27-15-17-36-16-13-14-26-45(36)46)42-32-34-44(35-33-42)49-43-24-11-4-12-25-43/h1-35H. The van der Waals surface area contributed by atoms with Gasteiger partial charge in [0.15, 0.2) is 0 Å². The van der Waals surface area contributed by atoms with Gasteiger partial charge in [0.05, 0.1) is 0 Å². The van der Waals surface area contributed by atoms with Gasteiger partial charge >= 0.3 is 274 Å². The predicted octanol–water partition coefficient (Wildman–Crippen LogP) is 9.48. The number of rotatable bonds is 9. The van der Waals surface area contributed by atoms with Crippen LogP contribution in [0.3, 0.4) is 0 Å². The SMILES string of the molecule is c1ccc(Oc2ccc(N(c3cc[c]([Ge]([c]4ccccc4)([c]4ccccc4)[c]4ccccc4)cc3)c3cccc4ccccc34)cc2)cc1. The molecule has 49 heavy (non-hydrogen) atoms. The molecule has 0 fully saturated rings. The summed E-state index contributed by atoms with van der Waals surface area (Å²) in [6.45, 7) is 0. The molecule has 3 heteroatoms. The summed E-state index contributed by atoms with van der Waals surface area (Å²) >= 11 is -3.38. The Morgan fingerprint density at radius 1 is 0.327 bits per heavy atom. The van der Waals surface area contributed by atoms with Gasteiger partial charge in [0.1, 0.15) is 0 Å². The molecule has 0 spiro atoms. The van der Waals surface area contributed by atoms with Gasteiger partial charge in [-0.1, -0.05) is 18.2 Å². The van der Waals surface area contributed by atoms with Crippen LogP contribution in [0, 0.1) is 0 Å². The molecule has 0 saturated carbocycles. The summed E-state index contributed by atoms with van der Waals surface area (Å²) in [5, 5.41) is 2.40. The van der Waals surface area contributed by atoms with Crippen molar-refractivity contribution in [3.63, 3.8) is 0 Å². The van der Waals surface area contributed by atoms with Crippen LogP contribution < -0.4 is 27.2 Å². The van der Waals surface area contributed by atoms with Gasteiger partial charge in [-0.25, -0.2) is 0 Å². The van der Waals surface area contributed by atoms with Crippen LogP contribution in [0.1, 0.15) is 0 Å². The second kappa shape index (κ2) is 13.7. The summed E-state index contributed by atoms with van der Waals surface area (Å²) in [6.07, 6.45) is 0. The van der Waals surface area contributed by atoms with E-state index < -0.39 is 13.3 Å². The molecule has 8 aromatic rings. The van der Waals surface area contributed by atoms with Crippen LogP contribution in [0.15, 0.2) is 212 Å². The van der Waals surface area contributed by atoms with Gasteiger partial charge < -0.3 is 0 Å². The summed E-state index contributed by atoms with van der Waals surface area (Å²) in [5.41, 5.74) is 3.29. The van der Waals surface area contributed by atoms with Gasteiger partial charge in [-0.05, 0) is 0 Å². The van der Waals surface area contributed by atoms with Crippen molar-refractivity contribution in [2.75, 3.05) is 4.90 Å². The van der Waals surface area contributed by atoms with Crippen molar-refractivity contribution in [1.82, 2.24) is 0 Å². The van der Waals surface area contributed by atoms with Gasteiger partial charge in [0, 0.05) is 0 Å². The molecule has 0 unspecified atom stereocenters. The third kappa shape index (κ3) is 5.92. The Kier molecular flexibility index (Phi) is 8.54. The van der Waals surface area contributed by atoms with Crippen LogP contribution in [0.4, 0.5) is 17.1 Å². The van der Waals surface area contributed by atoms with Crippen molar-refractivity contribution in [3.8, 4) is 11.5 Å². The Bertz CT molecular complexity index is 2170. The molecular formula is C46H35GeNO. The molecule has 8 rings (SSSR count). The van der Waals surface area contributed by atoms with Gasteiger partial charge in [-0.3, -0.25) is 0 Å². The molecule has 234 valence electrons. The normalized spacial score (nSPS) is 11.3. The number of hydrogen-bond acceptors (Lipinski definition) is 2. The van der Waals surface area contributed by atoms with Crippen molar-refractivity contribution in [2.24, 2.45) is 0 Å². The molecular weight excluding hydrogens is 655 g/mol. The first kappa shape index (κ1) is 30.5. The molecule has 0 aliphatic carbocycles. The maximum absolute atomic E-state index is 6.16. The van der Waals surface area contributed by atoms with E-state index >= 15 is 0 Å². The second-order valence-electron chi connectivity index (χ2n) is 12.1. The minimum Gasteiger partial charge on any atom is -0.0586 e. The number of anilines is 3. The summed E-state index contributed by atoms with van der Waals surface area (Å²) in [6, 6.07) is 76.3. The van der Waals surface area contributed by atoms with E-state index in [-0.39, 0.29) is 0 Å². The van der Waals surface area contributed by atoms with Crippen molar-refractivity contribution < 1.29 is 4.74 Å². The average Bonchev–Trinajstić information content (AvgIpc) is 3.18. The van der Waals surface area contributed by atoms with E-state index in [2.05, 4.69) is 187 Å². The first-order valence-corrected chi connectivity index (χ1v) is 20.9. The van der Waals surface area contributed by atoms with E-state index in [1.54, 1.807) is 0 Å². The topological polar surface area (TPSA) is 12.5 Å². The molecule has 0 heterocycles. The van der Waals surface area contributed by atoms with Gasteiger partial charge in [-0.15, -0.1) is 0 Å². The third-order valence-corrected chi connectivity index (χ3v) is 19.3. The molecule has 0 bridgehead atoms. The number of fused-ring (bicyclic) bond motifs is 1. The van der Waals surface area contributed by atoms with Crippen molar-refractivity contribution >= 4 is 58.7 Å². The summed E-state index contributed by atoms with van der Waals surface area (Å²) in [7, 11) is 0. The fourth-order valence-electron chi connectivity index (χ4n) is 7.04. The molecule has 2 nitrogen and oxygen atoms in total. The van der Waals surface area contributed by atoms with Crippen LogP contribution in [0.2, 0.25) is 0 Å². The van der Waals surface area contributed by atoms with E-state index in [9.17, 15) is 0 Å². The Morgan fingerprint density at radius 3 is 1.29 bits per heavy atom. The Labute approximate surface area is 290 Å². The molecule has 0 N–H and O–H groups in total. The smallest absolute Gasteiger partial charge is 0.0586 e. The van der Waals surface area contributed by atoms with Crippen molar-refractivity contribution in [3.05, 3.63) is 212 Å². The van der Waals surface area contributed by atoms with Crippen molar-refractivity contribution in [2.45, 2.75) is 0 Å². The van der Waals surface area contributed by atoms with Crippen LogP contribution in [-0.4, -0.2) is 13.3 Å². The molecule has 0 aliphatic rings. The minimum atomic E-state index is -3.38. The van der Waals surface area contributed by atoms with Gasteiger partial charge in [0.25, 0.3) is 0 Å². The summed E-state index contributed by atoms with van der Waals surface area (Å²) in [4.78, 5) is 2.36. The zero-order chi connectivity index (χ0) is 32.9. The van der Waals surface area contributed by atoms with Crippen LogP contribution in [0.5, 0.6) is 11.5 Å². The van der Waals surface area contributed by atoms with E-state index in [0.29, 0.717) is 0 Å². The average molecular weight is 690 g/mol. The Morgan fingerprint density at radius 2 is 0.735 bits per heavy atom.